The highest BCUT2D eigenvalue weighted by Crippen LogP contribution is 2.23. The number of halogens is 1. The van der Waals surface area contributed by atoms with Crippen molar-refractivity contribution in [3.63, 3.8) is 0 Å². The second-order valence-electron chi connectivity index (χ2n) is 3.75. The molecule has 0 spiro atoms. The molecule has 0 fully saturated rings. The van der Waals surface area contributed by atoms with Crippen LogP contribution < -0.4 is 4.74 Å². The standard InChI is InChI=1S/C13H17ClO5/c1-17-7-8-18-5-2-6-19-12-4-3-10(14)9-11(12)13(15)16/h3-4,9H,2,5-8H2,1H3,(H,15,16). The van der Waals surface area contributed by atoms with Crippen molar-refractivity contribution >= 4 is 17.6 Å². The van der Waals surface area contributed by atoms with E-state index in [0.29, 0.717) is 43.6 Å². The van der Waals surface area contributed by atoms with E-state index in [2.05, 4.69) is 0 Å². The Morgan fingerprint density at radius 3 is 2.74 bits per heavy atom. The van der Waals surface area contributed by atoms with Crippen LogP contribution in [-0.4, -0.2) is 44.6 Å². The number of carboxylic acids is 1. The number of carbonyl (C=O) groups is 1. The summed E-state index contributed by atoms with van der Waals surface area (Å²) in [5, 5.41) is 9.38. The summed E-state index contributed by atoms with van der Waals surface area (Å²) in [4.78, 5) is 11.0. The summed E-state index contributed by atoms with van der Waals surface area (Å²) in [5.74, 6) is -0.748. The molecule has 1 aromatic rings. The highest BCUT2D eigenvalue weighted by Gasteiger charge is 2.11. The Kier molecular flexibility index (Phi) is 7.25. The average molecular weight is 289 g/mol. The normalized spacial score (nSPS) is 10.4. The lowest BCUT2D eigenvalue weighted by Crippen LogP contribution is -2.08. The molecular formula is C13H17ClO5. The van der Waals surface area contributed by atoms with Gasteiger partial charge in [-0.2, -0.15) is 0 Å². The monoisotopic (exact) mass is 288 g/mol. The lowest BCUT2D eigenvalue weighted by atomic mass is 10.2. The average Bonchev–Trinajstić information content (AvgIpc) is 2.39. The lowest BCUT2D eigenvalue weighted by molar-refractivity contribution is 0.0637. The van der Waals surface area contributed by atoms with Gasteiger partial charge in [0.25, 0.3) is 0 Å². The maximum absolute atomic E-state index is 11.0. The van der Waals surface area contributed by atoms with E-state index < -0.39 is 5.97 Å². The van der Waals surface area contributed by atoms with Crippen LogP contribution in [0.25, 0.3) is 0 Å². The summed E-state index contributed by atoms with van der Waals surface area (Å²) in [7, 11) is 1.61. The van der Waals surface area contributed by atoms with Crippen molar-refractivity contribution in [1.29, 1.82) is 0 Å². The van der Waals surface area contributed by atoms with Crippen LogP contribution in [0.2, 0.25) is 5.02 Å². The molecule has 106 valence electrons. The van der Waals surface area contributed by atoms with Crippen LogP contribution >= 0.6 is 11.6 Å². The molecule has 0 amide bonds. The van der Waals surface area contributed by atoms with Crippen molar-refractivity contribution < 1.29 is 24.1 Å². The predicted octanol–water partition coefficient (Wildman–Crippen LogP) is 2.47. The van der Waals surface area contributed by atoms with Gasteiger partial charge in [-0.25, -0.2) is 4.79 Å². The number of ether oxygens (including phenoxy) is 3. The quantitative estimate of drug-likeness (QED) is 0.707. The molecule has 0 aliphatic heterocycles. The van der Waals surface area contributed by atoms with Crippen LogP contribution in [0.4, 0.5) is 0 Å². The van der Waals surface area contributed by atoms with E-state index in [9.17, 15) is 4.79 Å². The van der Waals surface area contributed by atoms with E-state index in [0.717, 1.165) is 0 Å². The first-order chi connectivity index (χ1) is 9.15. The third kappa shape index (κ3) is 5.92. The van der Waals surface area contributed by atoms with Gasteiger partial charge in [0.15, 0.2) is 0 Å². The molecule has 0 radical (unpaired) electrons. The minimum Gasteiger partial charge on any atom is -0.493 e. The first-order valence-corrected chi connectivity index (χ1v) is 6.25. The minimum atomic E-state index is -1.06. The van der Waals surface area contributed by atoms with E-state index in [-0.39, 0.29) is 5.56 Å². The molecular weight excluding hydrogens is 272 g/mol. The van der Waals surface area contributed by atoms with Crippen LogP contribution in [-0.2, 0) is 9.47 Å². The lowest BCUT2D eigenvalue weighted by Gasteiger charge is -2.09. The molecule has 1 aromatic carbocycles. The molecule has 0 unspecified atom stereocenters. The van der Waals surface area contributed by atoms with Crippen molar-refractivity contribution in [2.75, 3.05) is 33.5 Å². The van der Waals surface area contributed by atoms with Gasteiger partial charge in [0.2, 0.25) is 0 Å². The Balaban J connectivity index is 2.35. The molecule has 0 bridgehead atoms. The Hall–Kier alpha value is -1.30. The number of benzene rings is 1. The summed E-state index contributed by atoms with van der Waals surface area (Å²) in [5.41, 5.74) is 0.0628. The molecule has 0 atom stereocenters. The second kappa shape index (κ2) is 8.74. The number of rotatable bonds is 9. The van der Waals surface area contributed by atoms with E-state index in [4.69, 9.17) is 30.9 Å². The fraction of sp³-hybridized carbons (Fsp3) is 0.462. The van der Waals surface area contributed by atoms with Crippen LogP contribution in [0.15, 0.2) is 18.2 Å². The summed E-state index contributed by atoms with van der Waals surface area (Å²) >= 11 is 5.74. The smallest absolute Gasteiger partial charge is 0.339 e. The maximum Gasteiger partial charge on any atom is 0.339 e. The van der Waals surface area contributed by atoms with Gasteiger partial charge in [-0.1, -0.05) is 11.6 Å². The summed E-state index contributed by atoms with van der Waals surface area (Å²) in [6.45, 7) is 2.02. The van der Waals surface area contributed by atoms with Crippen LogP contribution in [0.5, 0.6) is 5.75 Å². The molecule has 0 heterocycles. The van der Waals surface area contributed by atoms with Gasteiger partial charge in [-0.15, -0.1) is 0 Å². The molecule has 0 saturated carbocycles. The molecule has 1 N–H and O–H groups in total. The number of carboxylic acid groups (broad SMARTS) is 1. The van der Waals surface area contributed by atoms with Crippen molar-refractivity contribution in [2.24, 2.45) is 0 Å². The van der Waals surface area contributed by atoms with Gasteiger partial charge < -0.3 is 19.3 Å². The third-order valence-corrected chi connectivity index (χ3v) is 2.53. The van der Waals surface area contributed by atoms with Crippen LogP contribution in [0, 0.1) is 0 Å². The van der Waals surface area contributed by atoms with Gasteiger partial charge >= 0.3 is 5.97 Å². The zero-order valence-electron chi connectivity index (χ0n) is 10.7. The maximum atomic E-state index is 11.0. The minimum absolute atomic E-state index is 0.0628. The first-order valence-electron chi connectivity index (χ1n) is 5.87. The summed E-state index contributed by atoms with van der Waals surface area (Å²) in [6.07, 6.45) is 0.672. The van der Waals surface area contributed by atoms with Gasteiger partial charge in [-0.3, -0.25) is 0 Å². The molecule has 0 aliphatic rings. The molecule has 5 nitrogen and oxygen atoms in total. The van der Waals surface area contributed by atoms with Gasteiger partial charge in [0.05, 0.1) is 19.8 Å². The van der Waals surface area contributed by atoms with E-state index in [1.165, 1.54) is 6.07 Å². The Morgan fingerprint density at radius 2 is 2.05 bits per heavy atom. The third-order valence-electron chi connectivity index (χ3n) is 2.29. The van der Waals surface area contributed by atoms with Gasteiger partial charge in [-0.05, 0) is 18.2 Å². The SMILES string of the molecule is COCCOCCCOc1ccc(Cl)cc1C(=O)O. The van der Waals surface area contributed by atoms with Crippen molar-refractivity contribution in [3.05, 3.63) is 28.8 Å². The Bertz CT molecular complexity index is 408. The number of hydrogen-bond donors (Lipinski definition) is 1. The Morgan fingerprint density at radius 1 is 1.26 bits per heavy atom. The van der Waals surface area contributed by atoms with Crippen molar-refractivity contribution in [1.82, 2.24) is 0 Å². The molecule has 1 rings (SSSR count). The first kappa shape index (κ1) is 15.8. The van der Waals surface area contributed by atoms with E-state index in [1.807, 2.05) is 0 Å². The van der Waals surface area contributed by atoms with E-state index >= 15 is 0 Å². The number of methoxy groups -OCH3 is 1. The van der Waals surface area contributed by atoms with Crippen molar-refractivity contribution in [3.8, 4) is 5.75 Å². The second-order valence-corrected chi connectivity index (χ2v) is 4.19. The zero-order chi connectivity index (χ0) is 14.1. The predicted molar refractivity (Wildman–Crippen MR) is 71.2 cm³/mol. The molecule has 0 aromatic heterocycles. The summed E-state index contributed by atoms with van der Waals surface area (Å²) in [6, 6.07) is 4.52. The van der Waals surface area contributed by atoms with Gasteiger partial charge in [0, 0.05) is 25.2 Å². The van der Waals surface area contributed by atoms with Gasteiger partial charge in [0.1, 0.15) is 11.3 Å². The number of aromatic carboxylic acids is 1. The summed E-state index contributed by atoms with van der Waals surface area (Å²) < 4.78 is 15.5. The highest BCUT2D eigenvalue weighted by atomic mass is 35.5. The largest absolute Gasteiger partial charge is 0.493 e. The van der Waals surface area contributed by atoms with E-state index in [1.54, 1.807) is 19.2 Å². The van der Waals surface area contributed by atoms with Crippen LogP contribution in [0.3, 0.4) is 0 Å². The number of hydrogen-bond acceptors (Lipinski definition) is 4. The molecule has 19 heavy (non-hydrogen) atoms. The van der Waals surface area contributed by atoms with Crippen molar-refractivity contribution in [2.45, 2.75) is 6.42 Å². The topological polar surface area (TPSA) is 65.0 Å². The fourth-order valence-corrected chi connectivity index (χ4v) is 1.55. The fourth-order valence-electron chi connectivity index (χ4n) is 1.38. The molecule has 0 aliphatic carbocycles. The highest BCUT2D eigenvalue weighted by molar-refractivity contribution is 6.31. The Labute approximate surface area is 117 Å². The molecule has 0 saturated heterocycles. The zero-order valence-corrected chi connectivity index (χ0v) is 11.5. The van der Waals surface area contributed by atoms with Crippen LogP contribution in [0.1, 0.15) is 16.8 Å². The molecule has 6 heteroatoms.